The fourth-order valence-corrected chi connectivity index (χ4v) is 2.03. The summed E-state index contributed by atoms with van der Waals surface area (Å²) in [5, 5.41) is 14.8. The topological polar surface area (TPSA) is 64.9 Å². The van der Waals surface area contributed by atoms with E-state index >= 15 is 0 Å². The zero-order valence-corrected chi connectivity index (χ0v) is 9.25. The molecule has 15 heavy (non-hydrogen) atoms. The molecule has 0 saturated heterocycles. The normalized spacial score (nSPS) is 25.6. The highest BCUT2D eigenvalue weighted by Crippen LogP contribution is 2.23. The molecule has 4 heteroatoms. The molecule has 0 heterocycles. The third-order valence-electron chi connectivity index (χ3n) is 2.97. The molecule has 1 fully saturated rings. The first kappa shape index (κ1) is 12.0. The van der Waals surface area contributed by atoms with Crippen molar-refractivity contribution >= 4 is 5.91 Å². The van der Waals surface area contributed by atoms with Crippen molar-refractivity contribution in [2.45, 2.75) is 38.1 Å². The minimum atomic E-state index is 0.0480. The number of carbonyl (C=O) groups is 1. The summed E-state index contributed by atoms with van der Waals surface area (Å²) in [6, 6.07) is 2.63. The van der Waals surface area contributed by atoms with Gasteiger partial charge in [0.05, 0.1) is 12.0 Å². The monoisotopic (exact) mass is 209 g/mol. The Bertz CT molecular complexity index is 247. The molecule has 1 rings (SSSR count). The van der Waals surface area contributed by atoms with Crippen molar-refractivity contribution < 1.29 is 4.79 Å². The zero-order chi connectivity index (χ0) is 11.1. The lowest BCUT2D eigenvalue weighted by molar-refractivity contribution is -0.120. The van der Waals surface area contributed by atoms with Crippen LogP contribution in [0.1, 0.15) is 32.1 Å². The van der Waals surface area contributed by atoms with Gasteiger partial charge in [-0.05, 0) is 12.8 Å². The smallest absolute Gasteiger partial charge is 0.221 e. The first-order valence-corrected chi connectivity index (χ1v) is 5.61. The average molecular weight is 209 g/mol. The Labute approximate surface area is 91.0 Å². The Morgan fingerprint density at radius 2 is 2.20 bits per heavy atom. The number of rotatable bonds is 4. The van der Waals surface area contributed by atoms with Crippen molar-refractivity contribution in [1.82, 2.24) is 10.6 Å². The average Bonchev–Trinajstić information content (AvgIpc) is 2.29. The maximum absolute atomic E-state index is 11.0. The second-order valence-corrected chi connectivity index (χ2v) is 4.00. The molecule has 84 valence electrons. The molecule has 0 bridgehead atoms. The molecule has 2 atom stereocenters. The zero-order valence-electron chi connectivity index (χ0n) is 9.25. The van der Waals surface area contributed by atoms with Gasteiger partial charge in [-0.15, -0.1) is 0 Å². The molecule has 0 aromatic rings. The summed E-state index contributed by atoms with van der Waals surface area (Å²) < 4.78 is 0. The Morgan fingerprint density at radius 1 is 1.47 bits per heavy atom. The van der Waals surface area contributed by atoms with E-state index in [-0.39, 0.29) is 17.9 Å². The van der Waals surface area contributed by atoms with Crippen molar-refractivity contribution in [1.29, 1.82) is 5.26 Å². The van der Waals surface area contributed by atoms with Crippen LogP contribution in [0.2, 0.25) is 0 Å². The van der Waals surface area contributed by atoms with Crippen LogP contribution in [0.15, 0.2) is 0 Å². The van der Waals surface area contributed by atoms with Crippen LogP contribution >= 0.6 is 0 Å². The maximum Gasteiger partial charge on any atom is 0.221 e. The van der Waals surface area contributed by atoms with E-state index in [0.717, 1.165) is 19.3 Å². The molecule has 0 aromatic heterocycles. The van der Waals surface area contributed by atoms with E-state index in [4.69, 9.17) is 5.26 Å². The van der Waals surface area contributed by atoms with Crippen LogP contribution in [0.5, 0.6) is 0 Å². The number of hydrogen-bond donors (Lipinski definition) is 2. The van der Waals surface area contributed by atoms with Gasteiger partial charge >= 0.3 is 0 Å². The first-order valence-electron chi connectivity index (χ1n) is 5.61. The van der Waals surface area contributed by atoms with Crippen LogP contribution in [0.4, 0.5) is 0 Å². The highest BCUT2D eigenvalue weighted by atomic mass is 16.1. The second-order valence-electron chi connectivity index (χ2n) is 4.00. The SMILES string of the molecule is CNC(=O)CCNC1CCCCC1C#N. The molecule has 1 aliphatic carbocycles. The quantitative estimate of drug-likeness (QED) is 0.719. The largest absolute Gasteiger partial charge is 0.359 e. The van der Waals surface area contributed by atoms with Crippen LogP contribution in [0.3, 0.4) is 0 Å². The molecule has 0 spiro atoms. The second kappa shape index (κ2) is 6.41. The molecule has 1 amide bonds. The highest BCUT2D eigenvalue weighted by molar-refractivity contribution is 5.75. The van der Waals surface area contributed by atoms with Crippen LogP contribution in [-0.2, 0) is 4.79 Å². The number of nitriles is 1. The van der Waals surface area contributed by atoms with E-state index in [2.05, 4.69) is 16.7 Å². The predicted molar refractivity (Wildman–Crippen MR) is 58.0 cm³/mol. The summed E-state index contributed by atoms with van der Waals surface area (Å²) >= 11 is 0. The number of carbonyl (C=O) groups excluding carboxylic acids is 1. The molecule has 1 aliphatic rings. The fourth-order valence-electron chi connectivity index (χ4n) is 2.03. The fraction of sp³-hybridized carbons (Fsp3) is 0.818. The highest BCUT2D eigenvalue weighted by Gasteiger charge is 2.24. The minimum absolute atomic E-state index is 0.0480. The summed E-state index contributed by atoms with van der Waals surface area (Å²) in [5.74, 6) is 0.176. The predicted octanol–water partition coefficient (Wildman–Crippen LogP) is 0.794. The molecule has 0 aromatic carbocycles. The van der Waals surface area contributed by atoms with Gasteiger partial charge in [-0.2, -0.15) is 5.26 Å². The molecular formula is C11H19N3O. The number of amides is 1. The minimum Gasteiger partial charge on any atom is -0.359 e. The van der Waals surface area contributed by atoms with Crippen molar-refractivity contribution in [3.63, 3.8) is 0 Å². The summed E-state index contributed by atoms with van der Waals surface area (Å²) in [5.41, 5.74) is 0. The van der Waals surface area contributed by atoms with Gasteiger partial charge in [0.2, 0.25) is 5.91 Å². The van der Waals surface area contributed by atoms with E-state index in [0.29, 0.717) is 13.0 Å². The van der Waals surface area contributed by atoms with Gasteiger partial charge in [-0.3, -0.25) is 4.79 Å². The van der Waals surface area contributed by atoms with Crippen LogP contribution < -0.4 is 10.6 Å². The lowest BCUT2D eigenvalue weighted by Gasteiger charge is -2.27. The summed E-state index contributed by atoms with van der Waals surface area (Å²) in [6.45, 7) is 0.669. The van der Waals surface area contributed by atoms with E-state index in [1.54, 1.807) is 7.05 Å². The van der Waals surface area contributed by atoms with Gasteiger partial charge in [0.15, 0.2) is 0 Å². The molecule has 4 nitrogen and oxygen atoms in total. The molecule has 2 N–H and O–H groups in total. The van der Waals surface area contributed by atoms with Crippen molar-refractivity contribution in [3.8, 4) is 6.07 Å². The van der Waals surface area contributed by atoms with E-state index in [1.165, 1.54) is 6.42 Å². The Balaban J connectivity index is 2.24. The standard InChI is InChI=1S/C11H19N3O/c1-13-11(15)6-7-14-10-5-3-2-4-9(10)8-12/h9-10,14H,2-7H2,1H3,(H,13,15). The third kappa shape index (κ3) is 3.88. The molecule has 0 radical (unpaired) electrons. The Hall–Kier alpha value is -1.08. The van der Waals surface area contributed by atoms with Gasteiger partial charge in [-0.25, -0.2) is 0 Å². The lowest BCUT2D eigenvalue weighted by Crippen LogP contribution is -2.39. The van der Waals surface area contributed by atoms with Gasteiger partial charge in [-0.1, -0.05) is 12.8 Å². The van der Waals surface area contributed by atoms with Gasteiger partial charge in [0.25, 0.3) is 0 Å². The van der Waals surface area contributed by atoms with E-state index in [1.807, 2.05) is 0 Å². The third-order valence-corrected chi connectivity index (χ3v) is 2.97. The van der Waals surface area contributed by atoms with Crippen LogP contribution in [0.25, 0.3) is 0 Å². The number of nitrogens with one attached hydrogen (secondary N) is 2. The maximum atomic E-state index is 11.0. The van der Waals surface area contributed by atoms with Gasteiger partial charge < -0.3 is 10.6 Å². The molecule has 2 unspecified atom stereocenters. The summed E-state index contributed by atoms with van der Waals surface area (Å²) in [7, 11) is 1.64. The Morgan fingerprint density at radius 3 is 2.87 bits per heavy atom. The van der Waals surface area contributed by atoms with Crippen molar-refractivity contribution in [2.24, 2.45) is 5.92 Å². The first-order chi connectivity index (χ1) is 7.27. The summed E-state index contributed by atoms with van der Waals surface area (Å²) in [4.78, 5) is 11.0. The van der Waals surface area contributed by atoms with Crippen LogP contribution in [0, 0.1) is 17.2 Å². The Kier molecular flexibility index (Phi) is 5.13. The van der Waals surface area contributed by atoms with E-state index in [9.17, 15) is 4.79 Å². The van der Waals surface area contributed by atoms with E-state index < -0.39 is 0 Å². The number of hydrogen-bond acceptors (Lipinski definition) is 3. The molecular weight excluding hydrogens is 190 g/mol. The summed E-state index contributed by atoms with van der Waals surface area (Å²) in [6.07, 6.45) is 4.90. The van der Waals surface area contributed by atoms with Crippen molar-refractivity contribution in [3.05, 3.63) is 0 Å². The lowest BCUT2D eigenvalue weighted by atomic mass is 9.85. The van der Waals surface area contributed by atoms with Gasteiger partial charge in [0, 0.05) is 26.1 Å². The van der Waals surface area contributed by atoms with Crippen molar-refractivity contribution in [2.75, 3.05) is 13.6 Å². The van der Waals surface area contributed by atoms with Gasteiger partial charge in [0.1, 0.15) is 0 Å². The number of nitrogens with zero attached hydrogens (tertiary/aromatic N) is 1. The molecule has 1 saturated carbocycles. The molecule has 0 aliphatic heterocycles. The van der Waals surface area contributed by atoms with Crippen LogP contribution in [-0.4, -0.2) is 25.5 Å².